The van der Waals surface area contributed by atoms with Crippen molar-refractivity contribution < 1.29 is 35.9 Å². The van der Waals surface area contributed by atoms with Crippen molar-refractivity contribution >= 4 is 5.91 Å². The second-order valence-electron chi connectivity index (χ2n) is 6.78. The first-order valence-electron chi connectivity index (χ1n) is 9.04. The number of amides is 1. The van der Waals surface area contributed by atoms with Crippen LogP contribution in [0.1, 0.15) is 27.2 Å². The summed E-state index contributed by atoms with van der Waals surface area (Å²) in [6.07, 6.45) is -7.56. The molecule has 12 heteroatoms. The third-order valence-corrected chi connectivity index (χ3v) is 4.48. The maximum absolute atomic E-state index is 12.8. The number of nitrogens with zero attached hydrogens (tertiary/aromatic N) is 4. The van der Waals surface area contributed by atoms with E-state index in [-0.39, 0.29) is 23.5 Å². The van der Waals surface area contributed by atoms with Crippen LogP contribution in [0.2, 0.25) is 0 Å². The van der Waals surface area contributed by atoms with E-state index in [1.165, 1.54) is 47.9 Å². The molecule has 0 atom stereocenters. The minimum absolute atomic E-state index is 0.0705. The first-order chi connectivity index (χ1) is 14.9. The highest BCUT2D eigenvalue weighted by Crippen LogP contribution is 2.29. The van der Waals surface area contributed by atoms with Crippen LogP contribution in [0, 0.1) is 6.92 Å². The summed E-state index contributed by atoms with van der Waals surface area (Å²) in [5, 5.41) is 4.01. The smallest absolute Gasteiger partial charge is 0.405 e. The van der Waals surface area contributed by atoms with Crippen molar-refractivity contribution in [2.45, 2.75) is 26.0 Å². The van der Waals surface area contributed by atoms with Gasteiger partial charge in [-0.2, -0.15) is 18.3 Å². The van der Waals surface area contributed by atoms with E-state index in [9.17, 15) is 31.1 Å². The molecule has 0 aliphatic carbocycles. The molecule has 0 bridgehead atoms. The van der Waals surface area contributed by atoms with Crippen molar-refractivity contribution in [3.05, 3.63) is 71.2 Å². The number of hydrogen-bond acceptors (Lipinski definition) is 4. The van der Waals surface area contributed by atoms with Gasteiger partial charge >= 0.3 is 12.5 Å². The fourth-order valence-corrected chi connectivity index (χ4v) is 2.92. The lowest BCUT2D eigenvalue weighted by Crippen LogP contribution is -2.27. The molecule has 0 unspecified atom stereocenters. The zero-order valence-electron chi connectivity index (χ0n) is 16.7. The second kappa shape index (κ2) is 8.52. The molecule has 2 aromatic heterocycles. The number of ether oxygens (including phenoxy) is 1. The van der Waals surface area contributed by atoms with Crippen LogP contribution in [0.3, 0.4) is 0 Å². The highest BCUT2D eigenvalue weighted by atomic mass is 19.4. The van der Waals surface area contributed by atoms with Crippen LogP contribution in [0.15, 0.2) is 48.8 Å². The number of para-hydroxylation sites is 1. The first-order valence-corrected chi connectivity index (χ1v) is 9.04. The van der Waals surface area contributed by atoms with Crippen molar-refractivity contribution in [3.63, 3.8) is 0 Å². The van der Waals surface area contributed by atoms with Gasteiger partial charge in [-0.05, 0) is 25.1 Å². The lowest BCUT2D eigenvalue weighted by molar-refractivity contribution is -0.275. The van der Waals surface area contributed by atoms with Crippen LogP contribution in [0.4, 0.5) is 26.3 Å². The summed E-state index contributed by atoms with van der Waals surface area (Å²) in [5.74, 6) is -0.912. The van der Waals surface area contributed by atoms with Gasteiger partial charge in [-0.15, -0.1) is 13.2 Å². The number of pyridine rings is 1. The number of alkyl halides is 6. The van der Waals surface area contributed by atoms with Gasteiger partial charge in [0.25, 0.3) is 5.91 Å². The Kier molecular flexibility index (Phi) is 6.15. The molecule has 0 aliphatic rings. The van der Waals surface area contributed by atoms with E-state index in [0.29, 0.717) is 11.9 Å². The second-order valence-corrected chi connectivity index (χ2v) is 6.78. The third kappa shape index (κ3) is 5.18. The quantitative estimate of drug-likeness (QED) is 0.517. The fourth-order valence-electron chi connectivity index (χ4n) is 2.92. The van der Waals surface area contributed by atoms with Crippen molar-refractivity contribution in [1.29, 1.82) is 0 Å². The maximum atomic E-state index is 12.8. The molecule has 1 aromatic carbocycles. The first kappa shape index (κ1) is 23.1. The van der Waals surface area contributed by atoms with Crippen LogP contribution in [0.5, 0.6) is 5.75 Å². The zero-order valence-corrected chi connectivity index (χ0v) is 16.7. The predicted molar refractivity (Wildman–Crippen MR) is 100 cm³/mol. The molecule has 3 rings (SSSR count). The van der Waals surface area contributed by atoms with E-state index in [0.717, 1.165) is 18.2 Å². The summed E-state index contributed by atoms with van der Waals surface area (Å²) in [5.41, 5.74) is -0.380. The molecule has 170 valence electrons. The summed E-state index contributed by atoms with van der Waals surface area (Å²) in [4.78, 5) is 17.8. The zero-order chi connectivity index (χ0) is 23.7. The number of benzene rings is 1. The molecule has 6 nitrogen and oxygen atoms in total. The average Bonchev–Trinajstić information content (AvgIpc) is 3.08. The number of carbonyl (C=O) groups excluding carboxylic acids is 1. The predicted octanol–water partition coefficient (Wildman–Crippen LogP) is 4.77. The van der Waals surface area contributed by atoms with E-state index < -0.39 is 29.8 Å². The third-order valence-electron chi connectivity index (χ3n) is 4.48. The van der Waals surface area contributed by atoms with Crippen molar-refractivity contribution in [2.24, 2.45) is 0 Å². The molecule has 0 aliphatic heterocycles. The summed E-state index contributed by atoms with van der Waals surface area (Å²) in [7, 11) is 1.39. The Morgan fingerprint density at radius 2 is 1.75 bits per heavy atom. The molecule has 1 amide bonds. The minimum atomic E-state index is -4.88. The van der Waals surface area contributed by atoms with E-state index in [4.69, 9.17) is 0 Å². The lowest BCUT2D eigenvalue weighted by atomic mass is 10.1. The Hall–Kier alpha value is -3.57. The largest absolute Gasteiger partial charge is 0.573 e. The Balaban J connectivity index is 1.80. The molecule has 0 saturated carbocycles. The molecule has 2 heterocycles. The van der Waals surface area contributed by atoms with E-state index in [1.807, 2.05) is 0 Å². The molecular formula is C20H16F6N4O2. The summed E-state index contributed by atoms with van der Waals surface area (Å²) in [6.45, 7) is 1.34. The van der Waals surface area contributed by atoms with Crippen molar-refractivity contribution in [1.82, 2.24) is 19.7 Å². The van der Waals surface area contributed by atoms with Crippen molar-refractivity contribution in [2.75, 3.05) is 7.05 Å². The maximum Gasteiger partial charge on any atom is 0.573 e. The van der Waals surface area contributed by atoms with Crippen LogP contribution >= 0.6 is 0 Å². The van der Waals surface area contributed by atoms with Crippen molar-refractivity contribution in [3.8, 4) is 11.6 Å². The van der Waals surface area contributed by atoms with Gasteiger partial charge < -0.3 is 9.64 Å². The molecule has 3 aromatic rings. The molecule has 0 N–H and O–H groups in total. The van der Waals surface area contributed by atoms with E-state index in [2.05, 4.69) is 14.8 Å². The number of hydrogen-bond donors (Lipinski definition) is 0. The highest BCUT2D eigenvalue weighted by Gasteiger charge is 2.33. The lowest BCUT2D eigenvalue weighted by Gasteiger charge is -2.20. The van der Waals surface area contributed by atoms with Gasteiger partial charge in [-0.1, -0.05) is 18.2 Å². The van der Waals surface area contributed by atoms with E-state index in [1.54, 1.807) is 0 Å². The van der Waals surface area contributed by atoms with E-state index >= 15 is 0 Å². The highest BCUT2D eigenvalue weighted by molar-refractivity contribution is 5.95. The Morgan fingerprint density at radius 3 is 2.34 bits per heavy atom. The molecule has 0 radical (unpaired) electrons. The standard InChI is InChI=1S/C20H16F6N4O2/c1-12-15(10-28-30(12)17-8-7-14(9-27-17)19(21,22)23)18(31)29(2)11-13-5-3-4-6-16(13)32-20(24,25)26/h3-10H,11H2,1-2H3. The van der Waals surface area contributed by atoms with Crippen LogP contribution in [-0.4, -0.2) is 39.0 Å². The van der Waals surface area contributed by atoms with Gasteiger partial charge in [0.05, 0.1) is 23.0 Å². The molecule has 0 fully saturated rings. The number of halogens is 6. The minimum Gasteiger partial charge on any atom is -0.405 e. The normalized spacial score (nSPS) is 12.0. The molecular weight excluding hydrogens is 442 g/mol. The monoisotopic (exact) mass is 458 g/mol. The topological polar surface area (TPSA) is 60.3 Å². The number of rotatable bonds is 5. The SMILES string of the molecule is Cc1c(C(=O)N(C)Cc2ccccc2OC(F)(F)F)cnn1-c1ccc(C(F)(F)F)cn1. The summed E-state index contributed by atoms with van der Waals surface area (Å²) in [6, 6.07) is 7.38. The van der Waals surface area contributed by atoms with Gasteiger partial charge in [-0.25, -0.2) is 9.67 Å². The average molecular weight is 458 g/mol. The Morgan fingerprint density at radius 1 is 1.06 bits per heavy atom. The number of carbonyl (C=O) groups is 1. The van der Waals surface area contributed by atoms with Gasteiger partial charge in [0, 0.05) is 25.4 Å². The van der Waals surface area contributed by atoms with Gasteiger partial charge in [0.15, 0.2) is 5.82 Å². The molecule has 0 saturated heterocycles. The van der Waals surface area contributed by atoms with Crippen LogP contribution in [0.25, 0.3) is 5.82 Å². The fraction of sp³-hybridized carbons (Fsp3) is 0.250. The van der Waals surface area contributed by atoms with Crippen LogP contribution in [-0.2, 0) is 12.7 Å². The van der Waals surface area contributed by atoms with Gasteiger partial charge in [-0.3, -0.25) is 4.79 Å². The number of aromatic nitrogens is 3. The molecule has 32 heavy (non-hydrogen) atoms. The Bertz CT molecular complexity index is 1110. The van der Waals surface area contributed by atoms with Gasteiger partial charge in [0.1, 0.15) is 5.75 Å². The molecule has 0 spiro atoms. The van der Waals surface area contributed by atoms with Gasteiger partial charge in [0.2, 0.25) is 0 Å². The summed E-state index contributed by atoms with van der Waals surface area (Å²) < 4.78 is 81.2. The summed E-state index contributed by atoms with van der Waals surface area (Å²) >= 11 is 0. The Labute approximate surface area is 178 Å². The van der Waals surface area contributed by atoms with Crippen LogP contribution < -0.4 is 4.74 Å².